The SMILES string of the molecule is CCCc1nc(C)c(CNC(=O)c2c(C)oc3c2C(=O)CCC3)s1. The first kappa shape index (κ1) is 16.9. The summed E-state index contributed by atoms with van der Waals surface area (Å²) >= 11 is 1.64. The van der Waals surface area contributed by atoms with Gasteiger partial charge in [0.15, 0.2) is 5.78 Å². The zero-order chi connectivity index (χ0) is 17.3. The Labute approximate surface area is 145 Å². The molecule has 0 unspecified atom stereocenters. The summed E-state index contributed by atoms with van der Waals surface area (Å²) in [7, 11) is 0. The van der Waals surface area contributed by atoms with Crippen LogP contribution in [0.15, 0.2) is 4.42 Å². The van der Waals surface area contributed by atoms with Crippen LogP contribution >= 0.6 is 11.3 Å². The molecule has 0 atom stereocenters. The van der Waals surface area contributed by atoms with Crippen molar-refractivity contribution >= 4 is 23.0 Å². The number of aromatic nitrogens is 1. The molecule has 0 aliphatic heterocycles. The van der Waals surface area contributed by atoms with Crippen molar-refractivity contribution in [1.82, 2.24) is 10.3 Å². The molecular weight excluding hydrogens is 324 g/mol. The minimum atomic E-state index is -0.238. The first-order valence-corrected chi connectivity index (χ1v) is 9.21. The molecule has 1 aliphatic rings. The van der Waals surface area contributed by atoms with Crippen LogP contribution in [0.2, 0.25) is 0 Å². The molecule has 3 rings (SSSR count). The lowest BCUT2D eigenvalue weighted by atomic mass is 9.93. The Morgan fingerprint density at radius 1 is 1.33 bits per heavy atom. The highest BCUT2D eigenvalue weighted by atomic mass is 32.1. The normalized spacial score (nSPS) is 13.9. The van der Waals surface area contributed by atoms with Gasteiger partial charge in [0.2, 0.25) is 0 Å². The summed E-state index contributed by atoms with van der Waals surface area (Å²) in [5.74, 6) is 0.962. The maximum absolute atomic E-state index is 12.6. The highest BCUT2D eigenvalue weighted by Gasteiger charge is 2.30. The molecule has 1 N–H and O–H groups in total. The summed E-state index contributed by atoms with van der Waals surface area (Å²) in [6.07, 6.45) is 4.02. The van der Waals surface area contributed by atoms with E-state index in [0.717, 1.165) is 41.3 Å². The largest absolute Gasteiger partial charge is 0.465 e. The number of ketones is 1. The molecule has 24 heavy (non-hydrogen) atoms. The lowest BCUT2D eigenvalue weighted by Gasteiger charge is -2.10. The van der Waals surface area contributed by atoms with E-state index in [1.54, 1.807) is 18.3 Å². The molecule has 6 heteroatoms. The van der Waals surface area contributed by atoms with Gasteiger partial charge in [-0.15, -0.1) is 11.3 Å². The number of thiazole rings is 1. The molecule has 2 aromatic heterocycles. The van der Waals surface area contributed by atoms with E-state index in [4.69, 9.17) is 4.42 Å². The van der Waals surface area contributed by atoms with E-state index in [9.17, 15) is 9.59 Å². The van der Waals surface area contributed by atoms with E-state index in [-0.39, 0.29) is 11.7 Å². The van der Waals surface area contributed by atoms with Gasteiger partial charge in [0.1, 0.15) is 11.5 Å². The summed E-state index contributed by atoms with van der Waals surface area (Å²) < 4.78 is 5.65. The minimum Gasteiger partial charge on any atom is -0.465 e. The van der Waals surface area contributed by atoms with E-state index in [1.165, 1.54) is 0 Å². The van der Waals surface area contributed by atoms with Gasteiger partial charge >= 0.3 is 0 Å². The van der Waals surface area contributed by atoms with Crippen LogP contribution in [-0.2, 0) is 19.4 Å². The first-order chi connectivity index (χ1) is 11.5. The monoisotopic (exact) mass is 346 g/mol. The van der Waals surface area contributed by atoms with Crippen LogP contribution in [0.5, 0.6) is 0 Å². The molecule has 0 fully saturated rings. The lowest BCUT2D eigenvalue weighted by Crippen LogP contribution is -2.25. The molecule has 2 aromatic rings. The van der Waals surface area contributed by atoms with E-state index in [0.29, 0.717) is 35.6 Å². The molecule has 128 valence electrons. The Balaban J connectivity index is 1.77. The minimum absolute atomic E-state index is 0.0115. The van der Waals surface area contributed by atoms with Crippen molar-refractivity contribution < 1.29 is 14.0 Å². The van der Waals surface area contributed by atoms with E-state index in [1.807, 2.05) is 6.92 Å². The fraction of sp³-hybridized carbons (Fsp3) is 0.500. The van der Waals surface area contributed by atoms with Gasteiger partial charge in [-0.3, -0.25) is 9.59 Å². The average molecular weight is 346 g/mol. The fourth-order valence-corrected chi connectivity index (χ4v) is 4.21. The molecule has 1 aliphatic carbocycles. The second-order valence-electron chi connectivity index (χ2n) is 6.16. The Bertz CT molecular complexity index is 789. The molecule has 0 saturated carbocycles. The van der Waals surface area contributed by atoms with Crippen LogP contribution in [-0.4, -0.2) is 16.7 Å². The third-order valence-electron chi connectivity index (χ3n) is 4.28. The van der Waals surface area contributed by atoms with Crippen LogP contribution in [0.3, 0.4) is 0 Å². The molecule has 0 spiro atoms. The van der Waals surface area contributed by atoms with Crippen LogP contribution in [0, 0.1) is 13.8 Å². The molecule has 0 saturated heterocycles. The van der Waals surface area contributed by atoms with Gasteiger partial charge < -0.3 is 9.73 Å². The van der Waals surface area contributed by atoms with Crippen LogP contribution in [0.4, 0.5) is 0 Å². The van der Waals surface area contributed by atoms with Crippen LogP contribution < -0.4 is 5.32 Å². The number of aryl methyl sites for hydroxylation is 4. The molecule has 1 amide bonds. The summed E-state index contributed by atoms with van der Waals surface area (Å²) in [5.41, 5.74) is 1.86. The zero-order valence-electron chi connectivity index (χ0n) is 14.3. The number of nitrogens with one attached hydrogen (secondary N) is 1. The fourth-order valence-electron chi connectivity index (χ4n) is 3.10. The van der Waals surface area contributed by atoms with Gasteiger partial charge in [-0.25, -0.2) is 4.98 Å². The molecule has 2 heterocycles. The number of hydrogen-bond donors (Lipinski definition) is 1. The van der Waals surface area contributed by atoms with Crippen molar-refractivity contribution in [2.75, 3.05) is 0 Å². The summed E-state index contributed by atoms with van der Waals surface area (Å²) in [4.78, 5) is 30.4. The maximum Gasteiger partial charge on any atom is 0.255 e. The predicted octanol–water partition coefficient (Wildman–Crippen LogP) is 3.75. The van der Waals surface area contributed by atoms with Crippen LogP contribution in [0.1, 0.15) is 74.0 Å². The summed E-state index contributed by atoms with van der Waals surface area (Å²) in [6, 6.07) is 0. The van der Waals surface area contributed by atoms with Gasteiger partial charge in [-0.05, 0) is 33.1 Å². The van der Waals surface area contributed by atoms with Gasteiger partial charge in [-0.2, -0.15) is 0 Å². The van der Waals surface area contributed by atoms with Gasteiger partial charge in [0.25, 0.3) is 5.91 Å². The Morgan fingerprint density at radius 3 is 2.88 bits per heavy atom. The molecule has 0 radical (unpaired) electrons. The van der Waals surface area contributed by atoms with Gasteiger partial charge in [0.05, 0.1) is 28.4 Å². The molecule has 5 nitrogen and oxygen atoms in total. The highest BCUT2D eigenvalue weighted by Crippen LogP contribution is 2.29. The number of furan rings is 1. The number of Topliss-reactive ketones (excluding diaryl/α,β-unsaturated/α-hetero) is 1. The number of rotatable bonds is 5. The summed E-state index contributed by atoms with van der Waals surface area (Å²) in [6.45, 7) is 6.27. The molecule has 0 aromatic carbocycles. The van der Waals surface area contributed by atoms with Crippen molar-refractivity contribution in [2.45, 2.75) is 59.4 Å². The smallest absolute Gasteiger partial charge is 0.255 e. The maximum atomic E-state index is 12.6. The zero-order valence-corrected chi connectivity index (χ0v) is 15.1. The van der Waals surface area contributed by atoms with Crippen LogP contribution in [0.25, 0.3) is 0 Å². The van der Waals surface area contributed by atoms with E-state index in [2.05, 4.69) is 17.2 Å². The number of fused-ring (bicyclic) bond motifs is 1. The van der Waals surface area contributed by atoms with Crippen molar-refractivity contribution in [1.29, 1.82) is 0 Å². The molecule has 0 bridgehead atoms. The van der Waals surface area contributed by atoms with Crippen molar-refractivity contribution in [3.8, 4) is 0 Å². The Morgan fingerprint density at radius 2 is 2.12 bits per heavy atom. The number of carbonyl (C=O) groups excluding carboxylic acids is 2. The van der Waals surface area contributed by atoms with Crippen molar-refractivity contribution in [3.63, 3.8) is 0 Å². The van der Waals surface area contributed by atoms with Gasteiger partial charge in [-0.1, -0.05) is 6.92 Å². The standard InChI is InChI=1S/C18H22N2O3S/c1-4-6-15-20-10(2)14(24-15)9-19-18(22)16-11(3)23-13-8-5-7-12(21)17(13)16/h4-9H2,1-3H3,(H,19,22). The van der Waals surface area contributed by atoms with Crippen molar-refractivity contribution in [2.24, 2.45) is 0 Å². The number of hydrogen-bond acceptors (Lipinski definition) is 5. The average Bonchev–Trinajstić information content (AvgIpc) is 3.05. The number of nitrogens with zero attached hydrogens (tertiary/aromatic N) is 1. The second-order valence-corrected chi connectivity index (χ2v) is 7.33. The lowest BCUT2D eigenvalue weighted by molar-refractivity contribution is 0.0926. The van der Waals surface area contributed by atoms with E-state index < -0.39 is 0 Å². The third-order valence-corrected chi connectivity index (χ3v) is 5.50. The predicted molar refractivity (Wildman–Crippen MR) is 92.7 cm³/mol. The number of amides is 1. The molecular formula is C18H22N2O3S. The van der Waals surface area contributed by atoms with Crippen molar-refractivity contribution in [3.05, 3.63) is 38.2 Å². The Kier molecular flexibility index (Phi) is 4.85. The second kappa shape index (κ2) is 6.89. The first-order valence-electron chi connectivity index (χ1n) is 8.40. The van der Waals surface area contributed by atoms with Gasteiger partial charge in [0, 0.05) is 17.7 Å². The number of carbonyl (C=O) groups is 2. The summed E-state index contributed by atoms with van der Waals surface area (Å²) in [5, 5.41) is 4.03. The van der Waals surface area contributed by atoms with E-state index >= 15 is 0 Å². The quantitative estimate of drug-likeness (QED) is 0.895. The third kappa shape index (κ3) is 3.15. The Hall–Kier alpha value is -1.95. The topological polar surface area (TPSA) is 72.2 Å². The highest BCUT2D eigenvalue weighted by molar-refractivity contribution is 7.11.